The fraction of sp³-hybridized carbons (Fsp3) is 0.435. The summed E-state index contributed by atoms with van der Waals surface area (Å²) in [5, 5.41) is 0. The number of methoxy groups -OCH3 is 2. The number of benzene rings is 2. The lowest BCUT2D eigenvalue weighted by molar-refractivity contribution is -0.118. The van der Waals surface area contributed by atoms with Crippen molar-refractivity contribution < 1.29 is 19.0 Å². The highest BCUT2D eigenvalue weighted by Crippen LogP contribution is 2.40. The lowest BCUT2D eigenvalue weighted by Gasteiger charge is -2.35. The molecule has 2 aromatic rings. The van der Waals surface area contributed by atoms with Crippen molar-refractivity contribution >= 4 is 30.7 Å². The molecular weight excluding hydrogens is 453 g/mol. The third-order valence-corrected chi connectivity index (χ3v) is 5.28. The minimum atomic E-state index is -0.395. The van der Waals surface area contributed by atoms with Crippen molar-refractivity contribution in [3.05, 3.63) is 53.6 Å². The molecule has 0 bridgehead atoms. The van der Waals surface area contributed by atoms with Gasteiger partial charge in [-0.05, 0) is 11.6 Å². The summed E-state index contributed by atoms with van der Waals surface area (Å²) in [7, 11) is 3.18. The Labute approximate surface area is 202 Å². The quantitative estimate of drug-likeness (QED) is 0.556. The number of halogens is 2. The molecule has 1 fully saturated rings. The van der Waals surface area contributed by atoms with Gasteiger partial charge in [0.1, 0.15) is 0 Å². The minimum absolute atomic E-state index is 0. The standard InChI is InChI=1S/C23H31N3O4.2ClH/c1-28-20-9-8-19(22(23(20)29-2)30-15-10-21(24)27)17-26-13-11-25(12-14-26)16-18-6-4-3-5-7-18;;/h3-9H,10-17H2,1-2H3,(H2,24,27);2*1H. The summed E-state index contributed by atoms with van der Waals surface area (Å²) in [6.07, 6.45) is 0.151. The fourth-order valence-corrected chi connectivity index (χ4v) is 3.66. The number of hydrogen-bond donors (Lipinski definition) is 1. The van der Waals surface area contributed by atoms with Gasteiger partial charge in [0, 0.05) is 44.8 Å². The molecule has 0 aromatic heterocycles. The Balaban J connectivity index is 0.00000256. The molecule has 2 N–H and O–H groups in total. The molecule has 0 unspecified atom stereocenters. The first kappa shape index (κ1) is 27.8. The van der Waals surface area contributed by atoms with Crippen LogP contribution in [0.5, 0.6) is 17.2 Å². The number of primary amides is 1. The molecule has 2 aromatic carbocycles. The molecule has 1 aliphatic heterocycles. The molecule has 1 saturated heterocycles. The summed E-state index contributed by atoms with van der Waals surface area (Å²) in [4.78, 5) is 16.0. The number of nitrogens with two attached hydrogens (primary N) is 1. The van der Waals surface area contributed by atoms with Gasteiger partial charge in [0.25, 0.3) is 0 Å². The smallest absolute Gasteiger partial charge is 0.220 e. The third-order valence-electron chi connectivity index (χ3n) is 5.28. The van der Waals surface area contributed by atoms with Crippen LogP contribution in [0.1, 0.15) is 17.5 Å². The number of rotatable bonds is 10. The van der Waals surface area contributed by atoms with Crippen molar-refractivity contribution in [2.45, 2.75) is 19.5 Å². The maximum Gasteiger partial charge on any atom is 0.220 e. The SMILES string of the molecule is COc1ccc(CN2CCN(Cc3ccccc3)CC2)c(OCCC(N)=O)c1OC.Cl.Cl. The first-order valence-electron chi connectivity index (χ1n) is 10.2. The van der Waals surface area contributed by atoms with Crippen LogP contribution in [0.2, 0.25) is 0 Å². The highest BCUT2D eigenvalue weighted by atomic mass is 35.5. The van der Waals surface area contributed by atoms with E-state index in [0.29, 0.717) is 17.2 Å². The van der Waals surface area contributed by atoms with Gasteiger partial charge in [0.05, 0.1) is 27.2 Å². The maximum absolute atomic E-state index is 11.1. The van der Waals surface area contributed by atoms with Gasteiger partial charge in [-0.2, -0.15) is 0 Å². The van der Waals surface area contributed by atoms with E-state index >= 15 is 0 Å². The van der Waals surface area contributed by atoms with E-state index < -0.39 is 5.91 Å². The van der Waals surface area contributed by atoms with Gasteiger partial charge in [0.2, 0.25) is 11.7 Å². The van der Waals surface area contributed by atoms with Gasteiger partial charge in [-0.15, -0.1) is 24.8 Å². The average molecular weight is 486 g/mol. The third kappa shape index (κ3) is 7.74. The fourth-order valence-electron chi connectivity index (χ4n) is 3.66. The van der Waals surface area contributed by atoms with Gasteiger partial charge < -0.3 is 19.9 Å². The Morgan fingerprint density at radius 2 is 1.50 bits per heavy atom. The number of piperazine rings is 1. The highest BCUT2D eigenvalue weighted by molar-refractivity contribution is 5.85. The van der Waals surface area contributed by atoms with Crippen molar-refractivity contribution in [1.29, 1.82) is 0 Å². The summed E-state index contributed by atoms with van der Waals surface area (Å²) in [6.45, 7) is 5.90. The number of carbonyl (C=O) groups excluding carboxylic acids is 1. The van der Waals surface area contributed by atoms with E-state index in [4.69, 9.17) is 19.9 Å². The van der Waals surface area contributed by atoms with Gasteiger partial charge >= 0.3 is 0 Å². The van der Waals surface area contributed by atoms with Gasteiger partial charge in [0.15, 0.2) is 11.5 Å². The molecule has 0 radical (unpaired) electrons. The van der Waals surface area contributed by atoms with Crippen LogP contribution < -0.4 is 19.9 Å². The predicted octanol–water partition coefficient (Wildman–Crippen LogP) is 3.12. The number of hydrogen-bond acceptors (Lipinski definition) is 6. The summed E-state index contributed by atoms with van der Waals surface area (Å²) in [6, 6.07) is 14.5. The van der Waals surface area contributed by atoms with E-state index in [0.717, 1.165) is 44.8 Å². The Kier molecular flexibility index (Phi) is 12.2. The van der Waals surface area contributed by atoms with Crippen molar-refractivity contribution in [2.24, 2.45) is 5.73 Å². The van der Waals surface area contributed by atoms with E-state index in [-0.39, 0.29) is 37.8 Å². The molecule has 0 saturated carbocycles. The van der Waals surface area contributed by atoms with Gasteiger partial charge in [-0.3, -0.25) is 14.6 Å². The molecule has 1 amide bonds. The second-order valence-electron chi connectivity index (χ2n) is 7.39. The van der Waals surface area contributed by atoms with Crippen molar-refractivity contribution in [3.63, 3.8) is 0 Å². The van der Waals surface area contributed by atoms with Crippen molar-refractivity contribution in [3.8, 4) is 17.2 Å². The second kappa shape index (κ2) is 14.1. The van der Waals surface area contributed by atoms with E-state index in [2.05, 4.69) is 34.1 Å². The molecule has 0 aliphatic carbocycles. The van der Waals surface area contributed by atoms with Crippen LogP contribution in [0.4, 0.5) is 0 Å². The van der Waals surface area contributed by atoms with E-state index in [1.165, 1.54) is 5.56 Å². The zero-order valence-corrected chi connectivity index (χ0v) is 20.3. The number of amides is 1. The van der Waals surface area contributed by atoms with Crippen LogP contribution in [0.15, 0.2) is 42.5 Å². The number of ether oxygens (including phenoxy) is 3. The van der Waals surface area contributed by atoms with Crippen molar-refractivity contribution in [2.75, 3.05) is 47.0 Å². The molecule has 9 heteroatoms. The summed E-state index contributed by atoms with van der Waals surface area (Å²) >= 11 is 0. The van der Waals surface area contributed by atoms with Crippen LogP contribution in [-0.2, 0) is 17.9 Å². The zero-order chi connectivity index (χ0) is 21.3. The molecule has 3 rings (SSSR count). The Hall–Kier alpha value is -2.19. The molecular formula is C23H33Cl2N3O4. The maximum atomic E-state index is 11.1. The first-order chi connectivity index (χ1) is 14.6. The molecule has 1 aliphatic rings. The van der Waals surface area contributed by atoms with Gasteiger partial charge in [-0.1, -0.05) is 36.4 Å². The number of carbonyl (C=O) groups is 1. The van der Waals surface area contributed by atoms with Crippen LogP contribution in [0.3, 0.4) is 0 Å². The molecule has 7 nitrogen and oxygen atoms in total. The zero-order valence-electron chi connectivity index (χ0n) is 18.6. The average Bonchev–Trinajstić information content (AvgIpc) is 2.76. The van der Waals surface area contributed by atoms with Crippen LogP contribution in [0.25, 0.3) is 0 Å². The van der Waals surface area contributed by atoms with Crippen molar-refractivity contribution in [1.82, 2.24) is 9.80 Å². The lowest BCUT2D eigenvalue weighted by Crippen LogP contribution is -2.45. The molecule has 0 atom stereocenters. The number of nitrogens with zero attached hydrogens (tertiary/aromatic N) is 2. The minimum Gasteiger partial charge on any atom is -0.493 e. The molecule has 1 heterocycles. The predicted molar refractivity (Wildman–Crippen MR) is 130 cm³/mol. The molecule has 32 heavy (non-hydrogen) atoms. The van der Waals surface area contributed by atoms with E-state index in [1.54, 1.807) is 14.2 Å². The first-order valence-corrected chi connectivity index (χ1v) is 10.2. The van der Waals surface area contributed by atoms with Gasteiger partial charge in [-0.25, -0.2) is 0 Å². The van der Waals surface area contributed by atoms with Crippen LogP contribution in [-0.4, -0.2) is 62.7 Å². The van der Waals surface area contributed by atoms with E-state index in [1.807, 2.05) is 18.2 Å². The molecule has 178 valence electrons. The summed E-state index contributed by atoms with van der Waals surface area (Å²) in [5.41, 5.74) is 7.60. The summed E-state index contributed by atoms with van der Waals surface area (Å²) in [5.74, 6) is 1.36. The monoisotopic (exact) mass is 485 g/mol. The normalized spacial score (nSPS) is 14.1. The summed E-state index contributed by atoms with van der Waals surface area (Å²) < 4.78 is 16.9. The Morgan fingerprint density at radius 3 is 2.06 bits per heavy atom. The Morgan fingerprint density at radius 1 is 0.875 bits per heavy atom. The second-order valence-corrected chi connectivity index (χ2v) is 7.39. The van der Waals surface area contributed by atoms with Crippen LogP contribution in [0, 0.1) is 0 Å². The Bertz CT molecular complexity index is 831. The highest BCUT2D eigenvalue weighted by Gasteiger charge is 2.22. The topological polar surface area (TPSA) is 77.3 Å². The largest absolute Gasteiger partial charge is 0.493 e. The molecule has 0 spiro atoms. The lowest BCUT2D eigenvalue weighted by atomic mass is 10.1. The van der Waals surface area contributed by atoms with Crippen LogP contribution >= 0.6 is 24.8 Å². The van der Waals surface area contributed by atoms with E-state index in [9.17, 15) is 4.79 Å².